The molecule has 0 atom stereocenters. The van der Waals surface area contributed by atoms with Crippen LogP contribution in [-0.2, 0) is 9.59 Å². The van der Waals surface area contributed by atoms with Gasteiger partial charge < -0.3 is 9.84 Å². The summed E-state index contributed by atoms with van der Waals surface area (Å²) >= 11 is 0. The van der Waals surface area contributed by atoms with Gasteiger partial charge in [-0.1, -0.05) is 24.3 Å². The number of ether oxygens (including phenoxy) is 1. The molecule has 0 radical (unpaired) electrons. The molecule has 132 valence electrons. The minimum atomic E-state index is -0.828. The lowest BCUT2D eigenvalue weighted by Crippen LogP contribution is -2.54. The van der Waals surface area contributed by atoms with Crippen LogP contribution in [0.1, 0.15) is 11.1 Å². The monoisotopic (exact) mass is 352 g/mol. The Labute approximate surface area is 149 Å². The predicted molar refractivity (Wildman–Crippen MR) is 94.8 cm³/mol. The van der Waals surface area contributed by atoms with Gasteiger partial charge in [0.15, 0.2) is 11.5 Å². The van der Waals surface area contributed by atoms with E-state index in [-0.39, 0.29) is 22.6 Å². The number of barbiturate groups is 1. The number of anilines is 1. The minimum Gasteiger partial charge on any atom is -0.504 e. The average Bonchev–Trinajstić information content (AvgIpc) is 2.60. The summed E-state index contributed by atoms with van der Waals surface area (Å²) in [4.78, 5) is 38.0. The van der Waals surface area contributed by atoms with Crippen LogP contribution >= 0.6 is 0 Å². The number of methoxy groups -OCH3 is 1. The number of phenols is 1. The van der Waals surface area contributed by atoms with Crippen molar-refractivity contribution in [3.8, 4) is 11.5 Å². The van der Waals surface area contributed by atoms with E-state index in [0.717, 1.165) is 10.5 Å². The molecule has 1 aliphatic rings. The highest BCUT2D eigenvalue weighted by Gasteiger charge is 2.37. The first-order valence-electron chi connectivity index (χ1n) is 7.76. The van der Waals surface area contributed by atoms with Crippen molar-refractivity contribution >= 4 is 29.6 Å². The second kappa shape index (κ2) is 6.72. The number of carbonyl (C=O) groups is 3. The van der Waals surface area contributed by atoms with Crippen LogP contribution in [-0.4, -0.2) is 30.1 Å². The van der Waals surface area contributed by atoms with Gasteiger partial charge in [0.1, 0.15) is 5.57 Å². The van der Waals surface area contributed by atoms with Crippen LogP contribution < -0.4 is 15.0 Å². The quantitative estimate of drug-likeness (QED) is 0.653. The first-order valence-corrected chi connectivity index (χ1v) is 7.76. The molecule has 0 unspecified atom stereocenters. The molecular weight excluding hydrogens is 336 g/mol. The number of benzene rings is 2. The third kappa shape index (κ3) is 3.02. The molecule has 0 saturated carbocycles. The molecule has 0 bridgehead atoms. The normalized spacial score (nSPS) is 16.0. The molecule has 7 heteroatoms. The fourth-order valence-corrected chi connectivity index (χ4v) is 2.64. The lowest BCUT2D eigenvalue weighted by Gasteiger charge is -2.26. The van der Waals surface area contributed by atoms with Gasteiger partial charge in [-0.15, -0.1) is 0 Å². The van der Waals surface area contributed by atoms with E-state index in [4.69, 9.17) is 4.74 Å². The van der Waals surface area contributed by atoms with E-state index in [0.29, 0.717) is 5.69 Å². The lowest BCUT2D eigenvalue weighted by molar-refractivity contribution is -0.122. The number of amides is 4. The van der Waals surface area contributed by atoms with Gasteiger partial charge in [-0.25, -0.2) is 9.69 Å². The number of hydrogen-bond acceptors (Lipinski definition) is 5. The van der Waals surface area contributed by atoms with Crippen LogP contribution in [0.15, 0.2) is 48.0 Å². The lowest BCUT2D eigenvalue weighted by atomic mass is 10.1. The van der Waals surface area contributed by atoms with Gasteiger partial charge in [0.2, 0.25) is 0 Å². The third-order valence-corrected chi connectivity index (χ3v) is 3.91. The predicted octanol–water partition coefficient (Wildman–Crippen LogP) is 2.38. The number of hydrogen-bond donors (Lipinski definition) is 2. The summed E-state index contributed by atoms with van der Waals surface area (Å²) in [6.07, 6.45) is 1.23. The van der Waals surface area contributed by atoms with Gasteiger partial charge in [-0.3, -0.25) is 14.9 Å². The summed E-state index contributed by atoms with van der Waals surface area (Å²) in [5.74, 6) is -1.60. The average molecular weight is 352 g/mol. The highest BCUT2D eigenvalue weighted by Crippen LogP contribution is 2.32. The zero-order valence-electron chi connectivity index (χ0n) is 14.1. The standard InChI is InChI=1S/C19H16N2O5/c1-11-5-3-7-13(9-11)21-18(24)14(17(23)20-19(21)25)10-12-6-4-8-15(26-2)16(12)22/h3-10,22H,1-2H3,(H,20,23,25)/b14-10+. The van der Waals surface area contributed by atoms with Gasteiger partial charge in [-0.05, 0) is 36.8 Å². The second-order valence-corrected chi connectivity index (χ2v) is 5.69. The molecule has 2 aromatic rings. The number of nitrogens with one attached hydrogen (secondary N) is 1. The number of aryl methyl sites for hydroxylation is 1. The van der Waals surface area contributed by atoms with Gasteiger partial charge >= 0.3 is 6.03 Å². The number of carbonyl (C=O) groups excluding carboxylic acids is 3. The van der Waals surface area contributed by atoms with E-state index in [1.807, 2.05) is 13.0 Å². The minimum absolute atomic E-state index is 0.203. The first-order chi connectivity index (χ1) is 12.4. The zero-order chi connectivity index (χ0) is 18.8. The van der Waals surface area contributed by atoms with E-state index < -0.39 is 17.8 Å². The van der Waals surface area contributed by atoms with Crippen molar-refractivity contribution in [1.82, 2.24) is 5.32 Å². The Hall–Kier alpha value is -3.61. The molecule has 1 saturated heterocycles. The molecule has 0 aliphatic carbocycles. The summed E-state index contributed by atoms with van der Waals surface area (Å²) < 4.78 is 5.02. The SMILES string of the molecule is COc1cccc(/C=C2\C(=O)NC(=O)N(c3cccc(C)c3)C2=O)c1O. The van der Waals surface area contributed by atoms with Gasteiger partial charge in [0.25, 0.3) is 11.8 Å². The van der Waals surface area contributed by atoms with E-state index >= 15 is 0 Å². The fourth-order valence-electron chi connectivity index (χ4n) is 2.64. The number of para-hydroxylation sites is 1. The summed E-state index contributed by atoms with van der Waals surface area (Å²) in [7, 11) is 1.39. The summed E-state index contributed by atoms with van der Waals surface area (Å²) in [5.41, 5.74) is 1.16. The number of rotatable bonds is 3. The maximum Gasteiger partial charge on any atom is 0.335 e. The molecule has 2 N–H and O–H groups in total. The maximum atomic E-state index is 12.8. The van der Waals surface area contributed by atoms with Crippen molar-refractivity contribution < 1.29 is 24.2 Å². The number of nitrogens with zero attached hydrogens (tertiary/aromatic N) is 1. The summed E-state index contributed by atoms with van der Waals surface area (Å²) in [6.45, 7) is 1.83. The Bertz CT molecular complexity index is 949. The molecule has 1 fully saturated rings. The fraction of sp³-hybridized carbons (Fsp3) is 0.105. The number of aromatic hydroxyl groups is 1. The molecule has 1 aliphatic heterocycles. The van der Waals surface area contributed by atoms with Gasteiger partial charge in [-0.2, -0.15) is 0 Å². The molecular formula is C19H16N2O5. The van der Waals surface area contributed by atoms with E-state index in [9.17, 15) is 19.5 Å². The molecule has 1 heterocycles. The van der Waals surface area contributed by atoms with Gasteiger partial charge in [0.05, 0.1) is 12.8 Å². The maximum absolute atomic E-state index is 12.8. The Morgan fingerprint density at radius 3 is 2.54 bits per heavy atom. The van der Waals surface area contributed by atoms with Crippen molar-refractivity contribution in [2.24, 2.45) is 0 Å². The van der Waals surface area contributed by atoms with Crippen molar-refractivity contribution in [2.75, 3.05) is 12.0 Å². The third-order valence-electron chi connectivity index (χ3n) is 3.91. The van der Waals surface area contributed by atoms with Crippen LogP contribution in [0.5, 0.6) is 11.5 Å². The van der Waals surface area contributed by atoms with E-state index in [1.165, 1.54) is 19.3 Å². The molecule has 4 amide bonds. The van der Waals surface area contributed by atoms with Crippen LogP contribution in [0.25, 0.3) is 6.08 Å². The number of imide groups is 2. The highest BCUT2D eigenvalue weighted by molar-refractivity contribution is 6.39. The Kier molecular flexibility index (Phi) is 4.45. The van der Waals surface area contributed by atoms with E-state index in [2.05, 4.69) is 5.32 Å². The number of urea groups is 1. The topological polar surface area (TPSA) is 95.9 Å². The molecule has 0 spiro atoms. The number of phenolic OH excluding ortho intramolecular Hbond substituents is 1. The largest absolute Gasteiger partial charge is 0.504 e. The van der Waals surface area contributed by atoms with Crippen LogP contribution in [0.3, 0.4) is 0 Å². The molecule has 7 nitrogen and oxygen atoms in total. The summed E-state index contributed by atoms with van der Waals surface area (Å²) in [6, 6.07) is 10.7. The van der Waals surface area contributed by atoms with Crippen LogP contribution in [0, 0.1) is 6.92 Å². The molecule has 26 heavy (non-hydrogen) atoms. The van der Waals surface area contributed by atoms with Crippen molar-refractivity contribution in [3.05, 3.63) is 59.2 Å². The summed E-state index contributed by atoms with van der Waals surface area (Å²) in [5, 5.41) is 12.3. The van der Waals surface area contributed by atoms with Crippen molar-refractivity contribution in [2.45, 2.75) is 6.92 Å². The zero-order valence-corrected chi connectivity index (χ0v) is 14.1. The van der Waals surface area contributed by atoms with Crippen LogP contribution in [0.2, 0.25) is 0 Å². The molecule has 3 rings (SSSR count). The highest BCUT2D eigenvalue weighted by atomic mass is 16.5. The first kappa shape index (κ1) is 17.2. The molecule has 2 aromatic carbocycles. The van der Waals surface area contributed by atoms with E-state index in [1.54, 1.807) is 30.3 Å². The van der Waals surface area contributed by atoms with Crippen LogP contribution in [0.4, 0.5) is 10.5 Å². The Balaban J connectivity index is 2.06. The van der Waals surface area contributed by atoms with Crippen molar-refractivity contribution in [3.63, 3.8) is 0 Å². The Morgan fingerprint density at radius 2 is 1.85 bits per heavy atom. The van der Waals surface area contributed by atoms with Gasteiger partial charge in [0, 0.05) is 5.56 Å². The molecule has 0 aromatic heterocycles. The second-order valence-electron chi connectivity index (χ2n) is 5.69. The van der Waals surface area contributed by atoms with Crippen molar-refractivity contribution in [1.29, 1.82) is 0 Å². The smallest absolute Gasteiger partial charge is 0.335 e. The Morgan fingerprint density at radius 1 is 1.12 bits per heavy atom.